The van der Waals surface area contributed by atoms with Gasteiger partial charge >= 0.3 is 0 Å². The Morgan fingerprint density at radius 3 is 3.00 bits per heavy atom. The first-order valence-corrected chi connectivity index (χ1v) is 6.57. The highest BCUT2D eigenvalue weighted by atomic mass is 79.9. The van der Waals surface area contributed by atoms with Crippen molar-refractivity contribution in [2.75, 3.05) is 6.61 Å². The van der Waals surface area contributed by atoms with Gasteiger partial charge in [0.15, 0.2) is 0 Å². The molecule has 0 spiro atoms. The molecule has 3 nitrogen and oxygen atoms in total. The molecule has 5 heteroatoms. The predicted molar refractivity (Wildman–Crippen MR) is 70.4 cm³/mol. The van der Waals surface area contributed by atoms with E-state index in [4.69, 9.17) is 5.11 Å². The van der Waals surface area contributed by atoms with E-state index in [1.165, 1.54) is 6.08 Å². The molecule has 1 rings (SSSR count). The number of hydrogen-bond donors (Lipinski definition) is 2. The normalized spacial score (nSPS) is 12.9. The van der Waals surface area contributed by atoms with Crippen molar-refractivity contribution < 1.29 is 9.90 Å². The van der Waals surface area contributed by atoms with Crippen molar-refractivity contribution in [3.63, 3.8) is 0 Å². The van der Waals surface area contributed by atoms with Gasteiger partial charge in [-0.2, -0.15) is 0 Å². The van der Waals surface area contributed by atoms with Crippen molar-refractivity contribution in [3.05, 3.63) is 26.9 Å². The van der Waals surface area contributed by atoms with Gasteiger partial charge < -0.3 is 10.4 Å². The van der Waals surface area contributed by atoms with Gasteiger partial charge in [0.05, 0.1) is 3.79 Å². The van der Waals surface area contributed by atoms with E-state index in [0.29, 0.717) is 6.42 Å². The SMILES string of the molecule is C[C@H](CCO)NC(=O)/C=C/c1ccc(Br)s1. The molecular formula is C11H14BrNO2S. The Morgan fingerprint density at radius 1 is 1.69 bits per heavy atom. The molecule has 0 aliphatic heterocycles. The van der Waals surface area contributed by atoms with Crippen LogP contribution < -0.4 is 5.32 Å². The van der Waals surface area contributed by atoms with Gasteiger partial charge in [-0.3, -0.25) is 4.79 Å². The molecule has 88 valence electrons. The second-order valence-corrected chi connectivity index (χ2v) is 5.89. The number of hydrogen-bond acceptors (Lipinski definition) is 3. The van der Waals surface area contributed by atoms with Crippen LogP contribution in [0.15, 0.2) is 22.0 Å². The Kier molecular flexibility index (Phi) is 5.73. The Bertz CT molecular complexity index is 376. The highest BCUT2D eigenvalue weighted by molar-refractivity contribution is 9.11. The molecule has 0 bridgehead atoms. The second kappa shape index (κ2) is 6.83. The van der Waals surface area contributed by atoms with Crippen molar-refractivity contribution in [1.82, 2.24) is 5.32 Å². The van der Waals surface area contributed by atoms with E-state index < -0.39 is 0 Å². The number of aliphatic hydroxyl groups excluding tert-OH is 1. The van der Waals surface area contributed by atoms with Crippen LogP contribution in [0.3, 0.4) is 0 Å². The number of thiophene rings is 1. The van der Waals surface area contributed by atoms with Gasteiger partial charge in [0.1, 0.15) is 0 Å². The standard InChI is InChI=1S/C11H14BrNO2S/c1-8(6-7-14)13-11(15)5-3-9-2-4-10(12)16-9/h2-5,8,14H,6-7H2,1H3,(H,13,15)/b5-3+/t8-/m1/s1. The molecular weight excluding hydrogens is 290 g/mol. The monoisotopic (exact) mass is 303 g/mol. The maximum absolute atomic E-state index is 11.4. The second-order valence-electron chi connectivity index (χ2n) is 3.40. The predicted octanol–water partition coefficient (Wildman–Crippen LogP) is 2.41. The number of aliphatic hydroxyl groups is 1. The summed E-state index contributed by atoms with van der Waals surface area (Å²) < 4.78 is 1.04. The number of carbonyl (C=O) groups is 1. The quantitative estimate of drug-likeness (QED) is 0.821. The van der Waals surface area contributed by atoms with Gasteiger partial charge in [0, 0.05) is 23.6 Å². The van der Waals surface area contributed by atoms with Crippen molar-refractivity contribution in [2.45, 2.75) is 19.4 Å². The fourth-order valence-electron chi connectivity index (χ4n) is 1.13. The number of nitrogens with one attached hydrogen (secondary N) is 1. The minimum Gasteiger partial charge on any atom is -0.396 e. The van der Waals surface area contributed by atoms with Gasteiger partial charge in [-0.1, -0.05) is 0 Å². The summed E-state index contributed by atoms with van der Waals surface area (Å²) in [6.07, 6.45) is 3.85. The van der Waals surface area contributed by atoms with Crippen molar-refractivity contribution in [1.29, 1.82) is 0 Å². The Balaban J connectivity index is 2.42. The van der Waals surface area contributed by atoms with E-state index in [0.717, 1.165) is 8.66 Å². The lowest BCUT2D eigenvalue weighted by Gasteiger charge is -2.09. The van der Waals surface area contributed by atoms with Crippen molar-refractivity contribution >= 4 is 39.2 Å². The summed E-state index contributed by atoms with van der Waals surface area (Å²) in [6, 6.07) is 3.88. The molecule has 1 aromatic heterocycles. The summed E-state index contributed by atoms with van der Waals surface area (Å²) in [5, 5.41) is 11.5. The van der Waals surface area contributed by atoms with Crippen LogP contribution in [0, 0.1) is 0 Å². The Hall–Kier alpha value is -0.650. The van der Waals surface area contributed by atoms with Crippen LogP contribution in [-0.2, 0) is 4.79 Å². The first-order valence-electron chi connectivity index (χ1n) is 4.96. The summed E-state index contributed by atoms with van der Waals surface area (Å²) in [7, 11) is 0. The molecule has 0 aliphatic carbocycles. The first-order chi connectivity index (χ1) is 7.61. The lowest BCUT2D eigenvalue weighted by molar-refractivity contribution is -0.117. The van der Waals surface area contributed by atoms with Gasteiger partial charge in [0.2, 0.25) is 5.91 Å². The van der Waals surface area contributed by atoms with Gasteiger partial charge in [-0.25, -0.2) is 0 Å². The summed E-state index contributed by atoms with van der Waals surface area (Å²) in [5.74, 6) is -0.134. The Labute approximate surface area is 107 Å². The molecule has 0 fully saturated rings. The molecule has 16 heavy (non-hydrogen) atoms. The molecule has 1 amide bonds. The third kappa shape index (κ3) is 4.92. The smallest absolute Gasteiger partial charge is 0.244 e. The molecule has 1 aromatic rings. The lowest BCUT2D eigenvalue weighted by Crippen LogP contribution is -2.31. The topological polar surface area (TPSA) is 49.3 Å². The third-order valence-electron chi connectivity index (χ3n) is 1.94. The lowest BCUT2D eigenvalue weighted by atomic mass is 10.2. The largest absolute Gasteiger partial charge is 0.396 e. The molecule has 1 heterocycles. The molecule has 0 saturated heterocycles. The summed E-state index contributed by atoms with van der Waals surface area (Å²) >= 11 is 4.93. The van der Waals surface area contributed by atoms with Gasteiger partial charge in [-0.15, -0.1) is 11.3 Å². The highest BCUT2D eigenvalue weighted by Gasteiger charge is 2.03. The fourth-order valence-corrected chi connectivity index (χ4v) is 2.46. The van der Waals surface area contributed by atoms with Gasteiger partial charge in [-0.05, 0) is 47.5 Å². The van der Waals surface area contributed by atoms with E-state index in [-0.39, 0.29) is 18.6 Å². The van der Waals surface area contributed by atoms with Crippen LogP contribution in [-0.4, -0.2) is 23.7 Å². The molecule has 0 aromatic carbocycles. The molecule has 1 atom stereocenters. The first kappa shape index (κ1) is 13.4. The molecule has 2 N–H and O–H groups in total. The van der Waals surface area contributed by atoms with E-state index in [9.17, 15) is 4.79 Å². The zero-order valence-electron chi connectivity index (χ0n) is 8.94. The van der Waals surface area contributed by atoms with Crippen LogP contribution in [0.1, 0.15) is 18.2 Å². The zero-order chi connectivity index (χ0) is 12.0. The molecule has 0 saturated carbocycles. The number of amides is 1. The van der Waals surface area contributed by atoms with E-state index in [1.807, 2.05) is 19.1 Å². The third-order valence-corrected chi connectivity index (χ3v) is 3.53. The van der Waals surface area contributed by atoms with E-state index in [2.05, 4.69) is 21.2 Å². The van der Waals surface area contributed by atoms with Crippen LogP contribution in [0.25, 0.3) is 6.08 Å². The van der Waals surface area contributed by atoms with E-state index in [1.54, 1.807) is 17.4 Å². The zero-order valence-corrected chi connectivity index (χ0v) is 11.3. The fraction of sp³-hybridized carbons (Fsp3) is 0.364. The molecule has 0 radical (unpaired) electrons. The maximum atomic E-state index is 11.4. The van der Waals surface area contributed by atoms with Crippen LogP contribution in [0.4, 0.5) is 0 Å². The number of carbonyl (C=O) groups excluding carboxylic acids is 1. The van der Waals surface area contributed by atoms with Crippen molar-refractivity contribution in [2.24, 2.45) is 0 Å². The average molecular weight is 304 g/mol. The summed E-state index contributed by atoms with van der Waals surface area (Å²) in [6.45, 7) is 1.95. The maximum Gasteiger partial charge on any atom is 0.244 e. The number of rotatable bonds is 5. The summed E-state index contributed by atoms with van der Waals surface area (Å²) in [4.78, 5) is 12.4. The van der Waals surface area contributed by atoms with Crippen LogP contribution in [0.2, 0.25) is 0 Å². The highest BCUT2D eigenvalue weighted by Crippen LogP contribution is 2.22. The van der Waals surface area contributed by atoms with Crippen LogP contribution >= 0.6 is 27.3 Å². The van der Waals surface area contributed by atoms with Gasteiger partial charge in [0.25, 0.3) is 0 Å². The van der Waals surface area contributed by atoms with E-state index >= 15 is 0 Å². The average Bonchev–Trinajstić information content (AvgIpc) is 2.61. The van der Waals surface area contributed by atoms with Crippen molar-refractivity contribution in [3.8, 4) is 0 Å². The minimum absolute atomic E-state index is 0.00257. The van der Waals surface area contributed by atoms with Crippen LogP contribution in [0.5, 0.6) is 0 Å². The molecule has 0 unspecified atom stereocenters. The number of halogens is 1. The molecule has 0 aliphatic rings. The Morgan fingerprint density at radius 2 is 2.44 bits per heavy atom. The minimum atomic E-state index is -0.134. The summed E-state index contributed by atoms with van der Waals surface area (Å²) in [5.41, 5.74) is 0.